The van der Waals surface area contributed by atoms with Gasteiger partial charge in [0.15, 0.2) is 0 Å². The van der Waals surface area contributed by atoms with Crippen LogP contribution in [0.15, 0.2) is 41.2 Å². The van der Waals surface area contributed by atoms with Crippen LogP contribution in [-0.4, -0.2) is 10.9 Å². The number of aromatic amines is 1. The van der Waals surface area contributed by atoms with Gasteiger partial charge in [0.05, 0.1) is 0 Å². The average Bonchev–Trinajstić information content (AvgIpc) is 2.45. The van der Waals surface area contributed by atoms with Gasteiger partial charge in [0, 0.05) is 6.54 Å². The number of aryl methyl sites for hydroxylation is 1. The van der Waals surface area contributed by atoms with Gasteiger partial charge in [-0.05, 0) is 30.2 Å². The molecule has 2 N–H and O–H groups in total. The molecule has 0 saturated heterocycles. The summed E-state index contributed by atoms with van der Waals surface area (Å²) in [4.78, 5) is 25.2. The number of alkyl halides is 3. The predicted molar refractivity (Wildman–Crippen MR) is 74.4 cm³/mol. The van der Waals surface area contributed by atoms with E-state index in [1.54, 1.807) is 11.1 Å². The van der Waals surface area contributed by atoms with Crippen molar-refractivity contribution in [1.29, 1.82) is 0 Å². The number of carbonyl (C=O) groups is 1. The Labute approximate surface area is 124 Å². The quantitative estimate of drug-likeness (QED) is 0.915. The second kappa shape index (κ2) is 6.05. The summed E-state index contributed by atoms with van der Waals surface area (Å²) in [5.41, 5.74) is -0.796. The number of benzene rings is 1. The minimum atomic E-state index is -4.66. The maximum atomic E-state index is 12.4. The zero-order valence-corrected chi connectivity index (χ0v) is 11.6. The molecule has 7 heteroatoms. The molecule has 0 unspecified atom stereocenters. The maximum absolute atomic E-state index is 12.4. The molecule has 0 radical (unpaired) electrons. The lowest BCUT2D eigenvalue weighted by Gasteiger charge is -2.09. The van der Waals surface area contributed by atoms with E-state index in [4.69, 9.17) is 0 Å². The number of hydrogen-bond donors (Lipinski definition) is 2. The molecule has 2 rings (SSSR count). The molecule has 1 amide bonds. The molecule has 1 aromatic heterocycles. The summed E-state index contributed by atoms with van der Waals surface area (Å²) in [6.45, 7) is 2.05. The van der Waals surface area contributed by atoms with Gasteiger partial charge in [-0.15, -0.1) is 0 Å². The van der Waals surface area contributed by atoms with E-state index in [0.717, 1.165) is 17.2 Å². The molecule has 2 aromatic rings. The van der Waals surface area contributed by atoms with Gasteiger partial charge in [0.25, 0.3) is 11.5 Å². The normalized spacial score (nSPS) is 11.3. The van der Waals surface area contributed by atoms with E-state index in [0.29, 0.717) is 6.07 Å². The van der Waals surface area contributed by atoms with E-state index in [2.05, 4.69) is 5.32 Å². The van der Waals surface area contributed by atoms with Crippen molar-refractivity contribution < 1.29 is 18.0 Å². The zero-order chi connectivity index (χ0) is 16.3. The largest absolute Gasteiger partial charge is 0.431 e. The molecule has 0 aliphatic carbocycles. The lowest BCUT2D eigenvalue weighted by atomic mass is 10.1. The summed E-state index contributed by atoms with van der Waals surface area (Å²) >= 11 is 0. The van der Waals surface area contributed by atoms with Gasteiger partial charge >= 0.3 is 6.18 Å². The van der Waals surface area contributed by atoms with Gasteiger partial charge in [-0.3, -0.25) is 9.59 Å². The SMILES string of the molecule is Cc1ccccc1CNC(=O)c1ccc(C(F)(F)F)[nH]c1=O. The van der Waals surface area contributed by atoms with Gasteiger partial charge in [-0.1, -0.05) is 24.3 Å². The first kappa shape index (κ1) is 15.8. The monoisotopic (exact) mass is 310 g/mol. The van der Waals surface area contributed by atoms with Crippen molar-refractivity contribution in [3.05, 3.63) is 69.1 Å². The molecule has 4 nitrogen and oxygen atoms in total. The standard InChI is InChI=1S/C15H13F3N2O2/c1-9-4-2-3-5-10(9)8-19-13(21)11-6-7-12(15(16,17)18)20-14(11)22/h2-7H,8H2,1H3,(H,19,21)(H,20,22). The minimum absolute atomic E-state index is 0.186. The molecule has 0 spiro atoms. The van der Waals surface area contributed by atoms with Crippen molar-refractivity contribution in [3.8, 4) is 0 Å². The summed E-state index contributed by atoms with van der Waals surface area (Å²) in [5.74, 6) is -0.724. The molecule has 0 bridgehead atoms. The zero-order valence-electron chi connectivity index (χ0n) is 11.6. The van der Waals surface area contributed by atoms with E-state index in [9.17, 15) is 22.8 Å². The number of H-pyrrole nitrogens is 1. The Morgan fingerprint density at radius 1 is 1.18 bits per heavy atom. The Morgan fingerprint density at radius 3 is 2.45 bits per heavy atom. The highest BCUT2D eigenvalue weighted by Gasteiger charge is 2.32. The number of nitrogens with one attached hydrogen (secondary N) is 2. The van der Waals surface area contributed by atoms with Crippen LogP contribution < -0.4 is 10.9 Å². The number of hydrogen-bond acceptors (Lipinski definition) is 2. The van der Waals surface area contributed by atoms with Crippen LogP contribution >= 0.6 is 0 Å². The summed E-state index contributed by atoms with van der Waals surface area (Å²) in [6.07, 6.45) is -4.66. The molecule has 0 fully saturated rings. The topological polar surface area (TPSA) is 62.0 Å². The molecule has 0 saturated carbocycles. The molecule has 116 valence electrons. The van der Waals surface area contributed by atoms with Crippen molar-refractivity contribution in [2.24, 2.45) is 0 Å². The Balaban J connectivity index is 2.14. The van der Waals surface area contributed by atoms with Gasteiger partial charge in [0.1, 0.15) is 11.3 Å². The Morgan fingerprint density at radius 2 is 1.86 bits per heavy atom. The number of pyridine rings is 1. The summed E-state index contributed by atoms with van der Waals surface area (Å²) in [7, 11) is 0. The second-order valence-corrected chi connectivity index (χ2v) is 4.72. The highest BCUT2D eigenvalue weighted by atomic mass is 19.4. The average molecular weight is 310 g/mol. The minimum Gasteiger partial charge on any atom is -0.348 e. The fourth-order valence-corrected chi connectivity index (χ4v) is 1.90. The Hall–Kier alpha value is -2.57. The van der Waals surface area contributed by atoms with Crippen molar-refractivity contribution in [2.75, 3.05) is 0 Å². The molecule has 1 heterocycles. The van der Waals surface area contributed by atoms with Crippen LogP contribution in [0.25, 0.3) is 0 Å². The van der Waals surface area contributed by atoms with Crippen LogP contribution in [-0.2, 0) is 12.7 Å². The van der Waals surface area contributed by atoms with Crippen LogP contribution in [0, 0.1) is 6.92 Å². The van der Waals surface area contributed by atoms with E-state index in [-0.39, 0.29) is 12.1 Å². The highest BCUT2D eigenvalue weighted by Crippen LogP contribution is 2.26. The number of carbonyl (C=O) groups excluding carboxylic acids is 1. The van der Waals surface area contributed by atoms with Crippen molar-refractivity contribution in [2.45, 2.75) is 19.6 Å². The molecular weight excluding hydrogens is 297 g/mol. The van der Waals surface area contributed by atoms with Crippen molar-refractivity contribution in [3.63, 3.8) is 0 Å². The first-order valence-electron chi connectivity index (χ1n) is 6.42. The van der Waals surface area contributed by atoms with Gasteiger partial charge in [-0.25, -0.2) is 0 Å². The van der Waals surface area contributed by atoms with E-state index >= 15 is 0 Å². The number of rotatable bonds is 3. The smallest absolute Gasteiger partial charge is 0.348 e. The Kier molecular flexibility index (Phi) is 4.35. The highest BCUT2D eigenvalue weighted by molar-refractivity contribution is 5.93. The van der Waals surface area contributed by atoms with E-state index in [1.165, 1.54) is 0 Å². The van der Waals surface area contributed by atoms with Crippen LogP contribution in [0.1, 0.15) is 27.2 Å². The lowest BCUT2D eigenvalue weighted by molar-refractivity contribution is -0.141. The molecule has 1 aromatic carbocycles. The lowest BCUT2D eigenvalue weighted by Crippen LogP contribution is -2.30. The van der Waals surface area contributed by atoms with Crippen LogP contribution in [0.2, 0.25) is 0 Å². The summed E-state index contributed by atoms with van der Waals surface area (Å²) in [5, 5.41) is 2.51. The van der Waals surface area contributed by atoms with Gasteiger partial charge in [-0.2, -0.15) is 13.2 Å². The van der Waals surface area contributed by atoms with Crippen molar-refractivity contribution >= 4 is 5.91 Å². The van der Waals surface area contributed by atoms with E-state index in [1.807, 2.05) is 25.1 Å². The second-order valence-electron chi connectivity index (χ2n) is 4.72. The van der Waals surface area contributed by atoms with Gasteiger partial charge in [0.2, 0.25) is 0 Å². The molecular formula is C15H13F3N2O2. The molecule has 22 heavy (non-hydrogen) atoms. The molecule has 0 aliphatic heterocycles. The number of amides is 1. The van der Waals surface area contributed by atoms with Crippen molar-refractivity contribution in [1.82, 2.24) is 10.3 Å². The fraction of sp³-hybridized carbons (Fsp3) is 0.200. The van der Waals surface area contributed by atoms with Crippen LogP contribution in [0.3, 0.4) is 0 Å². The van der Waals surface area contributed by atoms with Crippen LogP contribution in [0.4, 0.5) is 13.2 Å². The molecule has 0 aliphatic rings. The third kappa shape index (κ3) is 3.55. The van der Waals surface area contributed by atoms with Gasteiger partial charge < -0.3 is 10.3 Å². The number of halogens is 3. The first-order chi connectivity index (χ1) is 10.3. The maximum Gasteiger partial charge on any atom is 0.431 e. The Bertz CT molecular complexity index is 751. The third-order valence-electron chi connectivity index (χ3n) is 3.16. The third-order valence-corrected chi connectivity index (χ3v) is 3.16. The summed E-state index contributed by atoms with van der Waals surface area (Å²) in [6, 6.07) is 8.87. The van der Waals surface area contributed by atoms with E-state index < -0.39 is 23.3 Å². The predicted octanol–water partition coefficient (Wildman–Crippen LogP) is 2.63. The molecule has 0 atom stereocenters. The fourth-order valence-electron chi connectivity index (χ4n) is 1.90. The van der Waals surface area contributed by atoms with Crippen LogP contribution in [0.5, 0.6) is 0 Å². The first-order valence-corrected chi connectivity index (χ1v) is 6.42. The number of aromatic nitrogens is 1. The summed E-state index contributed by atoms with van der Waals surface area (Å²) < 4.78 is 37.3.